The Bertz CT molecular complexity index is 812. The first kappa shape index (κ1) is 21.3. The highest BCUT2D eigenvalue weighted by atomic mass is 35.7. The van der Waals surface area contributed by atoms with E-state index in [0.29, 0.717) is 5.56 Å². The molecule has 0 bridgehead atoms. The minimum atomic E-state index is -3.56. The zero-order valence-corrected chi connectivity index (χ0v) is 16.6. The van der Waals surface area contributed by atoms with Crippen LogP contribution in [0.25, 0.3) is 0 Å². The second-order valence-electron chi connectivity index (χ2n) is 5.19. The lowest BCUT2D eigenvalue weighted by Crippen LogP contribution is -1.92. The maximum absolute atomic E-state index is 10.8. The molecule has 0 unspecified atom stereocenters. The van der Waals surface area contributed by atoms with E-state index >= 15 is 0 Å². The molecule has 3 rings (SSSR count). The largest absolute Gasteiger partial charge is 0.261 e. The summed E-state index contributed by atoms with van der Waals surface area (Å²) in [6.45, 7) is 3.79. The Hall–Kier alpha value is -1.75. The molecule has 0 saturated heterocycles. The Morgan fingerprint density at radius 3 is 1.44 bits per heavy atom. The van der Waals surface area contributed by atoms with Crippen molar-refractivity contribution in [3.63, 3.8) is 0 Å². The normalized spacial score (nSPS) is 9.92. The predicted octanol–water partition coefficient (Wildman–Crippen LogP) is 5.89. The van der Waals surface area contributed by atoms with Gasteiger partial charge < -0.3 is 0 Å². The highest BCUT2D eigenvalue weighted by Crippen LogP contribution is 2.17. The molecule has 0 aliphatic carbocycles. The number of benzene rings is 3. The van der Waals surface area contributed by atoms with E-state index < -0.39 is 9.05 Å². The average molecular weight is 393 g/mol. The van der Waals surface area contributed by atoms with E-state index in [1.54, 1.807) is 25.1 Å². The molecule has 0 atom stereocenters. The highest BCUT2D eigenvalue weighted by Gasteiger charge is 2.10. The van der Waals surface area contributed by atoms with Crippen LogP contribution in [0.1, 0.15) is 11.1 Å². The van der Waals surface area contributed by atoms with Crippen LogP contribution in [-0.4, -0.2) is 8.42 Å². The molecular formula is C20H21ClO2S2. The molecule has 0 spiro atoms. The van der Waals surface area contributed by atoms with E-state index in [9.17, 15) is 8.42 Å². The predicted molar refractivity (Wildman–Crippen MR) is 109 cm³/mol. The van der Waals surface area contributed by atoms with Crippen molar-refractivity contribution >= 4 is 32.4 Å². The molecule has 0 radical (unpaired) electrons. The van der Waals surface area contributed by atoms with Gasteiger partial charge in [-0.2, -0.15) is 0 Å². The fourth-order valence-corrected chi connectivity index (χ4v) is 3.18. The molecule has 132 valence electrons. The highest BCUT2D eigenvalue weighted by molar-refractivity contribution is 8.13. The van der Waals surface area contributed by atoms with Gasteiger partial charge >= 0.3 is 0 Å². The quantitative estimate of drug-likeness (QED) is 0.413. The number of aryl methyl sites for hydroxylation is 2. The van der Waals surface area contributed by atoms with Gasteiger partial charge in [0.05, 0.1) is 4.90 Å². The van der Waals surface area contributed by atoms with Crippen LogP contribution in [-0.2, 0) is 9.05 Å². The third-order valence-corrected chi connectivity index (χ3v) is 4.83. The van der Waals surface area contributed by atoms with Crippen LogP contribution in [0.3, 0.4) is 0 Å². The maximum Gasteiger partial charge on any atom is 0.261 e. The van der Waals surface area contributed by atoms with Crippen LogP contribution in [0, 0.1) is 13.8 Å². The van der Waals surface area contributed by atoms with Crippen molar-refractivity contribution in [2.75, 3.05) is 0 Å². The third-order valence-electron chi connectivity index (χ3n) is 3.05. The molecule has 0 heterocycles. The van der Waals surface area contributed by atoms with E-state index in [0.717, 1.165) is 4.90 Å². The molecule has 5 heteroatoms. The lowest BCUT2D eigenvalue weighted by molar-refractivity contribution is 0.609. The Morgan fingerprint density at radius 1 is 0.720 bits per heavy atom. The molecule has 0 amide bonds. The topological polar surface area (TPSA) is 34.1 Å². The Balaban J connectivity index is 0.000000195. The van der Waals surface area contributed by atoms with E-state index in [2.05, 4.69) is 31.7 Å². The van der Waals surface area contributed by atoms with Crippen molar-refractivity contribution in [1.29, 1.82) is 0 Å². The molecule has 3 aromatic carbocycles. The van der Waals surface area contributed by atoms with Gasteiger partial charge in [-0.05, 0) is 37.6 Å². The van der Waals surface area contributed by atoms with E-state index in [4.69, 9.17) is 10.7 Å². The molecule has 3 aromatic rings. The van der Waals surface area contributed by atoms with Crippen molar-refractivity contribution in [3.8, 4) is 0 Å². The van der Waals surface area contributed by atoms with Gasteiger partial charge in [-0.1, -0.05) is 72.3 Å². The average Bonchev–Trinajstić information content (AvgIpc) is 2.57. The van der Waals surface area contributed by atoms with E-state index in [-0.39, 0.29) is 4.90 Å². The lowest BCUT2D eigenvalue weighted by atomic mass is 10.2. The molecule has 0 fully saturated rings. The molecule has 0 N–H and O–H groups in total. The number of rotatable bonds is 1. The zero-order chi connectivity index (χ0) is 18.7. The van der Waals surface area contributed by atoms with Crippen LogP contribution < -0.4 is 0 Å². The minimum Gasteiger partial charge on any atom is -0.207 e. The van der Waals surface area contributed by atoms with Gasteiger partial charge in [0.25, 0.3) is 9.05 Å². The number of hydrogen-bond acceptors (Lipinski definition) is 3. The summed E-state index contributed by atoms with van der Waals surface area (Å²) in [5.41, 5.74) is 1.99. The Labute approximate surface area is 160 Å². The summed E-state index contributed by atoms with van der Waals surface area (Å²) in [7, 11) is 1.57. The van der Waals surface area contributed by atoms with Crippen LogP contribution in [0.5, 0.6) is 0 Å². The third kappa shape index (κ3) is 9.34. The second kappa shape index (κ2) is 11.0. The second-order valence-corrected chi connectivity index (χ2v) is 8.24. The fraction of sp³-hybridized carbons (Fsp3) is 0.100. The fourth-order valence-electron chi connectivity index (χ4n) is 1.79. The first-order valence-electron chi connectivity index (χ1n) is 7.56. The summed E-state index contributed by atoms with van der Waals surface area (Å²) in [5, 5.41) is 0. The van der Waals surface area contributed by atoms with Gasteiger partial charge in [0.2, 0.25) is 0 Å². The van der Waals surface area contributed by atoms with Crippen molar-refractivity contribution < 1.29 is 8.42 Å². The molecule has 25 heavy (non-hydrogen) atoms. The summed E-state index contributed by atoms with van der Waals surface area (Å²) in [6.07, 6.45) is 0. The summed E-state index contributed by atoms with van der Waals surface area (Å²) >= 11 is 4.08. The van der Waals surface area contributed by atoms with Gasteiger partial charge in [-0.25, -0.2) is 8.42 Å². The van der Waals surface area contributed by atoms with E-state index in [1.165, 1.54) is 11.6 Å². The Morgan fingerprint density at radius 2 is 1.16 bits per heavy atom. The van der Waals surface area contributed by atoms with Gasteiger partial charge in [0.15, 0.2) is 0 Å². The summed E-state index contributed by atoms with van der Waals surface area (Å²) in [6, 6.07) is 26.6. The van der Waals surface area contributed by atoms with Gasteiger partial charge in [0.1, 0.15) is 0 Å². The van der Waals surface area contributed by atoms with Crippen LogP contribution in [0.4, 0.5) is 0 Å². The standard InChI is InChI=1S/C7H7ClO2S.C7H8.C6H6S/c1-6-4-2-3-5-7(6)11(8,9)10;1-7-5-3-2-4-6-7;7-6-4-2-1-3-5-6/h2-5H,1H3;2-6H,1H3;1-5,7H. The molecule has 0 aliphatic heterocycles. The monoisotopic (exact) mass is 392 g/mol. The molecule has 2 nitrogen and oxygen atoms in total. The van der Waals surface area contributed by atoms with Crippen molar-refractivity contribution in [2.24, 2.45) is 0 Å². The zero-order valence-electron chi connectivity index (χ0n) is 14.1. The number of hydrogen-bond donors (Lipinski definition) is 1. The molecular weight excluding hydrogens is 372 g/mol. The minimum absolute atomic E-state index is 0.182. The first-order valence-corrected chi connectivity index (χ1v) is 10.3. The van der Waals surface area contributed by atoms with Crippen LogP contribution >= 0.6 is 23.3 Å². The number of thiol groups is 1. The van der Waals surface area contributed by atoms with Crippen LogP contribution in [0.2, 0.25) is 0 Å². The van der Waals surface area contributed by atoms with Crippen molar-refractivity contribution in [2.45, 2.75) is 23.6 Å². The molecule has 0 aliphatic rings. The van der Waals surface area contributed by atoms with Gasteiger partial charge in [-0.15, -0.1) is 12.6 Å². The Kier molecular flexibility index (Phi) is 9.35. The van der Waals surface area contributed by atoms with Gasteiger partial charge in [0, 0.05) is 15.6 Å². The number of halogens is 1. The SMILES string of the molecule is Cc1ccccc1.Cc1ccccc1S(=O)(=O)Cl.Sc1ccccc1. The molecule has 0 aromatic heterocycles. The van der Waals surface area contributed by atoms with Crippen molar-refractivity contribution in [1.82, 2.24) is 0 Å². The summed E-state index contributed by atoms with van der Waals surface area (Å²) in [4.78, 5) is 1.20. The summed E-state index contributed by atoms with van der Waals surface area (Å²) < 4.78 is 21.6. The lowest BCUT2D eigenvalue weighted by Gasteiger charge is -1.98. The maximum atomic E-state index is 10.8. The van der Waals surface area contributed by atoms with E-state index in [1.807, 2.05) is 48.5 Å². The molecule has 0 saturated carbocycles. The first-order chi connectivity index (χ1) is 11.8. The smallest absolute Gasteiger partial charge is 0.207 e. The summed E-state index contributed by atoms with van der Waals surface area (Å²) in [5.74, 6) is 0. The van der Waals surface area contributed by atoms with Crippen LogP contribution in [0.15, 0.2) is 94.7 Å². The van der Waals surface area contributed by atoms with Gasteiger partial charge in [-0.3, -0.25) is 0 Å². The van der Waals surface area contributed by atoms with Crippen molar-refractivity contribution in [3.05, 3.63) is 96.1 Å².